The molecule has 0 unspecified atom stereocenters. The molecule has 4 aromatic rings. The van der Waals surface area contributed by atoms with Gasteiger partial charge in [-0.05, 0) is 46.7 Å². The van der Waals surface area contributed by atoms with Crippen LogP contribution < -0.4 is 22.1 Å². The van der Waals surface area contributed by atoms with E-state index in [4.69, 9.17) is 11.5 Å². The van der Waals surface area contributed by atoms with Crippen molar-refractivity contribution < 1.29 is 29.1 Å². The van der Waals surface area contributed by atoms with Crippen molar-refractivity contribution in [1.82, 2.24) is 20.5 Å². The second-order valence-electron chi connectivity index (χ2n) is 12.2. The molecule has 0 radical (unpaired) electrons. The molecule has 0 aliphatic rings. The number of H-pyrrole nitrogens is 1. The number of carbonyl (C=O) groups is 5. The number of primary amides is 1. The number of nitrogens with zero attached hydrogens (tertiary/aromatic N) is 1. The minimum Gasteiger partial charge on any atom is -0.481 e. The lowest BCUT2D eigenvalue weighted by molar-refractivity contribution is -0.144. The van der Waals surface area contributed by atoms with E-state index in [1.807, 2.05) is 80.6 Å². The third kappa shape index (κ3) is 8.73. The summed E-state index contributed by atoms with van der Waals surface area (Å²) in [7, 11) is 1.46. The molecule has 1 heterocycles. The molecule has 0 fully saturated rings. The number of aliphatic carboxylic acids is 1. The highest BCUT2D eigenvalue weighted by atomic mass is 16.4. The summed E-state index contributed by atoms with van der Waals surface area (Å²) in [5.41, 5.74) is 14.5. The van der Waals surface area contributed by atoms with Crippen LogP contribution in [-0.2, 0) is 36.8 Å². The molecule has 12 heteroatoms. The Morgan fingerprint density at radius 2 is 1.47 bits per heavy atom. The molecular formula is C35H42N6O6. The molecule has 12 nitrogen and oxygen atoms in total. The van der Waals surface area contributed by atoms with Crippen LogP contribution in [0.5, 0.6) is 0 Å². The molecule has 0 bridgehead atoms. The number of fused-ring (bicyclic) bond motifs is 2. The molecule has 0 saturated carbocycles. The van der Waals surface area contributed by atoms with Crippen molar-refractivity contribution in [3.8, 4) is 0 Å². The SMILES string of the molecule is CC(C)C[C@@H](C(=O)N[C@@H](CC(=O)O)C(=O)N[C@@H](Cc1cccc2ccccc12)C(N)=O)N(C)C(=O)[C@@H](N)Cc1c[nH]c2ccccc12. The lowest BCUT2D eigenvalue weighted by Crippen LogP contribution is -2.58. The molecule has 4 amide bonds. The number of hydrogen-bond donors (Lipinski definition) is 6. The van der Waals surface area contributed by atoms with Crippen molar-refractivity contribution in [2.45, 2.75) is 63.7 Å². The van der Waals surface area contributed by atoms with Crippen LogP contribution in [0.3, 0.4) is 0 Å². The summed E-state index contributed by atoms with van der Waals surface area (Å²) in [6.45, 7) is 3.74. The molecule has 8 N–H and O–H groups in total. The maximum Gasteiger partial charge on any atom is 0.305 e. The van der Waals surface area contributed by atoms with Crippen LogP contribution in [0, 0.1) is 5.92 Å². The highest BCUT2D eigenvalue weighted by molar-refractivity contribution is 5.96. The number of carboxylic acid groups (broad SMARTS) is 1. The fraction of sp³-hybridized carbons (Fsp3) is 0.343. The van der Waals surface area contributed by atoms with E-state index >= 15 is 0 Å². The first kappa shape index (κ1) is 34.6. The van der Waals surface area contributed by atoms with Gasteiger partial charge in [0.1, 0.15) is 18.1 Å². The van der Waals surface area contributed by atoms with Crippen LogP contribution >= 0.6 is 0 Å². The fourth-order valence-corrected chi connectivity index (χ4v) is 5.76. The first-order valence-corrected chi connectivity index (χ1v) is 15.5. The number of para-hydroxylation sites is 1. The number of carbonyl (C=O) groups excluding carboxylic acids is 4. The minimum atomic E-state index is -1.55. The Balaban J connectivity index is 1.49. The second kappa shape index (κ2) is 15.4. The van der Waals surface area contributed by atoms with Crippen molar-refractivity contribution in [3.05, 3.63) is 84.1 Å². The summed E-state index contributed by atoms with van der Waals surface area (Å²) in [4.78, 5) is 69.2. The quantitative estimate of drug-likeness (QED) is 0.114. The average Bonchev–Trinajstić information content (AvgIpc) is 3.44. The molecule has 0 aliphatic heterocycles. The normalized spacial score (nSPS) is 13.9. The van der Waals surface area contributed by atoms with Gasteiger partial charge in [0, 0.05) is 30.6 Å². The lowest BCUT2D eigenvalue weighted by atomic mass is 9.98. The smallest absolute Gasteiger partial charge is 0.305 e. The average molecular weight is 643 g/mol. The van der Waals surface area contributed by atoms with E-state index in [1.54, 1.807) is 6.20 Å². The second-order valence-corrected chi connectivity index (χ2v) is 12.2. The summed E-state index contributed by atoms with van der Waals surface area (Å²) in [6.07, 6.45) is 1.53. The van der Waals surface area contributed by atoms with Crippen LogP contribution in [0.1, 0.15) is 37.8 Å². The van der Waals surface area contributed by atoms with Gasteiger partial charge in [0.05, 0.1) is 12.5 Å². The monoisotopic (exact) mass is 642 g/mol. The predicted octanol–water partition coefficient (Wildman–Crippen LogP) is 2.24. The van der Waals surface area contributed by atoms with E-state index in [2.05, 4.69) is 15.6 Å². The number of aromatic nitrogens is 1. The number of nitrogens with one attached hydrogen (secondary N) is 3. The standard InChI is InChI=1S/C35H42N6O6/c1-20(2)15-30(41(3)35(47)26(36)16-23-19-38-27-14-7-6-13-25(23)27)34(46)40-29(18-31(42)43)33(45)39-28(32(37)44)17-22-11-8-10-21-9-4-5-12-24(21)22/h4-14,19-20,26,28-30,38H,15-18,36H2,1-3H3,(H2,37,44)(H,39,45)(H,40,46)(H,42,43)/t26-,28-,29-,30-/m0/s1. The maximum absolute atomic E-state index is 13.7. The molecule has 0 spiro atoms. The first-order valence-electron chi connectivity index (χ1n) is 15.5. The Bertz CT molecular complexity index is 1760. The Kier molecular flexibility index (Phi) is 11.3. The van der Waals surface area contributed by atoms with Gasteiger partial charge in [0.25, 0.3) is 0 Å². The van der Waals surface area contributed by atoms with E-state index in [0.717, 1.165) is 32.8 Å². The number of rotatable bonds is 15. The molecule has 47 heavy (non-hydrogen) atoms. The molecular weight excluding hydrogens is 600 g/mol. The zero-order valence-corrected chi connectivity index (χ0v) is 26.7. The van der Waals surface area contributed by atoms with E-state index in [-0.39, 0.29) is 25.2 Å². The molecule has 0 saturated heterocycles. The first-order chi connectivity index (χ1) is 22.3. The summed E-state index contributed by atoms with van der Waals surface area (Å²) in [5, 5.41) is 17.4. The van der Waals surface area contributed by atoms with Crippen molar-refractivity contribution in [3.63, 3.8) is 0 Å². The van der Waals surface area contributed by atoms with Crippen molar-refractivity contribution in [1.29, 1.82) is 0 Å². The number of nitrogens with two attached hydrogens (primary N) is 2. The third-order valence-electron chi connectivity index (χ3n) is 8.22. The van der Waals surface area contributed by atoms with Crippen LogP contribution in [0.15, 0.2) is 72.9 Å². The Hall–Kier alpha value is -5.23. The number of likely N-dealkylation sites (N-methyl/N-ethyl adjacent to an activating group) is 1. The molecule has 4 atom stereocenters. The van der Waals surface area contributed by atoms with Crippen LogP contribution in [0.2, 0.25) is 0 Å². The van der Waals surface area contributed by atoms with E-state index in [9.17, 15) is 29.1 Å². The molecule has 248 valence electrons. The predicted molar refractivity (Wildman–Crippen MR) is 179 cm³/mol. The topological polar surface area (TPSA) is 201 Å². The summed E-state index contributed by atoms with van der Waals surface area (Å²) >= 11 is 0. The van der Waals surface area contributed by atoms with Crippen LogP contribution in [-0.4, -0.2) is 75.8 Å². The number of carboxylic acids is 1. The van der Waals surface area contributed by atoms with Gasteiger partial charge in [-0.25, -0.2) is 0 Å². The van der Waals surface area contributed by atoms with Gasteiger partial charge in [-0.3, -0.25) is 24.0 Å². The van der Waals surface area contributed by atoms with Crippen LogP contribution in [0.4, 0.5) is 0 Å². The number of aromatic amines is 1. The lowest BCUT2D eigenvalue weighted by Gasteiger charge is -2.32. The highest BCUT2D eigenvalue weighted by Gasteiger charge is 2.34. The van der Waals surface area contributed by atoms with Crippen molar-refractivity contribution in [2.24, 2.45) is 17.4 Å². The highest BCUT2D eigenvalue weighted by Crippen LogP contribution is 2.21. The number of amides is 4. The van der Waals surface area contributed by atoms with Gasteiger partial charge in [-0.1, -0.05) is 74.5 Å². The van der Waals surface area contributed by atoms with Crippen molar-refractivity contribution in [2.75, 3.05) is 7.05 Å². The minimum absolute atomic E-state index is 0.0440. The summed E-state index contributed by atoms with van der Waals surface area (Å²) in [6, 6.07) is 16.0. The number of benzene rings is 3. The van der Waals surface area contributed by atoms with E-state index in [0.29, 0.717) is 0 Å². The van der Waals surface area contributed by atoms with Gasteiger partial charge < -0.3 is 37.1 Å². The summed E-state index contributed by atoms with van der Waals surface area (Å²) < 4.78 is 0. The fourth-order valence-electron chi connectivity index (χ4n) is 5.76. The molecule has 4 rings (SSSR count). The molecule has 1 aromatic heterocycles. The van der Waals surface area contributed by atoms with Crippen LogP contribution in [0.25, 0.3) is 21.7 Å². The Labute approximate surface area is 272 Å². The van der Waals surface area contributed by atoms with E-state index < -0.39 is 60.2 Å². The Morgan fingerprint density at radius 3 is 2.15 bits per heavy atom. The maximum atomic E-state index is 13.7. The molecule has 3 aromatic carbocycles. The van der Waals surface area contributed by atoms with Crippen molar-refractivity contribution >= 4 is 51.3 Å². The van der Waals surface area contributed by atoms with Gasteiger partial charge in [0.15, 0.2) is 0 Å². The van der Waals surface area contributed by atoms with Gasteiger partial charge in [-0.15, -0.1) is 0 Å². The van der Waals surface area contributed by atoms with Gasteiger partial charge in [0.2, 0.25) is 23.6 Å². The molecule has 0 aliphatic carbocycles. The van der Waals surface area contributed by atoms with E-state index in [1.165, 1.54) is 11.9 Å². The largest absolute Gasteiger partial charge is 0.481 e. The summed E-state index contributed by atoms with van der Waals surface area (Å²) in [5.74, 6) is -4.31. The van der Waals surface area contributed by atoms with Gasteiger partial charge in [-0.2, -0.15) is 0 Å². The van der Waals surface area contributed by atoms with Gasteiger partial charge >= 0.3 is 5.97 Å². The zero-order chi connectivity index (χ0) is 34.2. The Morgan fingerprint density at radius 1 is 0.830 bits per heavy atom. The third-order valence-corrected chi connectivity index (χ3v) is 8.22. The number of hydrogen-bond acceptors (Lipinski definition) is 6. The zero-order valence-electron chi connectivity index (χ0n) is 26.7.